The molecule has 138 valence electrons. The van der Waals surface area contributed by atoms with E-state index in [-0.39, 0.29) is 17.1 Å². The zero-order valence-electron chi connectivity index (χ0n) is 15.2. The lowest BCUT2D eigenvalue weighted by Gasteiger charge is -2.53. The lowest BCUT2D eigenvalue weighted by Crippen LogP contribution is -2.67. The Morgan fingerprint density at radius 1 is 1.17 bits per heavy atom. The molecule has 0 bridgehead atoms. The molecule has 3 aliphatic rings. The third-order valence-electron chi connectivity index (χ3n) is 6.27. The maximum absolute atomic E-state index is 12.6. The van der Waals surface area contributed by atoms with Gasteiger partial charge in [0.1, 0.15) is 9.84 Å². The first-order valence-electron chi connectivity index (χ1n) is 9.47. The number of sulfone groups is 1. The van der Waals surface area contributed by atoms with E-state index >= 15 is 0 Å². The van der Waals surface area contributed by atoms with Gasteiger partial charge in [-0.25, -0.2) is 8.42 Å². The van der Waals surface area contributed by atoms with E-state index in [2.05, 4.69) is 11.8 Å². The molecule has 0 radical (unpaired) electrons. The molecule has 2 aliphatic heterocycles. The Bertz CT molecular complexity index is 569. The van der Waals surface area contributed by atoms with Crippen LogP contribution in [0.3, 0.4) is 0 Å². The van der Waals surface area contributed by atoms with Crippen LogP contribution in [0.15, 0.2) is 0 Å². The molecular formula is C18H32N2O3S. The van der Waals surface area contributed by atoms with Crippen molar-refractivity contribution in [1.82, 2.24) is 9.80 Å². The summed E-state index contributed by atoms with van der Waals surface area (Å²) in [6.45, 7) is 6.60. The van der Waals surface area contributed by atoms with E-state index in [1.165, 1.54) is 31.9 Å². The predicted octanol–water partition coefficient (Wildman–Crippen LogP) is 1.78. The van der Waals surface area contributed by atoms with Crippen molar-refractivity contribution in [3.63, 3.8) is 0 Å². The molecule has 0 aromatic carbocycles. The Labute approximate surface area is 146 Å². The quantitative estimate of drug-likeness (QED) is 0.705. The van der Waals surface area contributed by atoms with Crippen molar-refractivity contribution >= 4 is 15.7 Å². The average molecular weight is 357 g/mol. The van der Waals surface area contributed by atoms with Crippen LogP contribution in [0.5, 0.6) is 0 Å². The molecule has 2 heterocycles. The predicted molar refractivity (Wildman–Crippen MR) is 95.5 cm³/mol. The summed E-state index contributed by atoms with van der Waals surface area (Å²) < 4.78 is 22.6. The summed E-state index contributed by atoms with van der Waals surface area (Å²) in [4.78, 5) is 16.9. The first kappa shape index (κ1) is 18.2. The highest BCUT2D eigenvalue weighted by atomic mass is 32.2. The summed E-state index contributed by atoms with van der Waals surface area (Å²) in [5.41, 5.74) is -0.211. The minimum Gasteiger partial charge on any atom is -0.340 e. The first-order chi connectivity index (χ1) is 11.3. The number of amides is 1. The number of rotatable bonds is 5. The Kier molecular flexibility index (Phi) is 5.26. The van der Waals surface area contributed by atoms with E-state index in [0.717, 1.165) is 50.9 Å². The second-order valence-corrected chi connectivity index (χ2v) is 10.9. The number of carbonyl (C=O) groups excluding carboxylic acids is 1. The van der Waals surface area contributed by atoms with Gasteiger partial charge in [0.25, 0.3) is 0 Å². The molecule has 1 atom stereocenters. The lowest BCUT2D eigenvalue weighted by molar-refractivity contribution is -0.165. The number of carbonyl (C=O) groups is 1. The zero-order valence-corrected chi connectivity index (χ0v) is 16.0. The van der Waals surface area contributed by atoms with E-state index in [1.807, 2.05) is 0 Å². The zero-order chi connectivity index (χ0) is 17.4. The van der Waals surface area contributed by atoms with Crippen LogP contribution in [0.1, 0.15) is 45.4 Å². The van der Waals surface area contributed by atoms with Crippen molar-refractivity contribution in [2.45, 2.75) is 45.4 Å². The van der Waals surface area contributed by atoms with Crippen LogP contribution in [-0.2, 0) is 14.6 Å². The molecule has 0 aromatic rings. The van der Waals surface area contributed by atoms with E-state index in [1.54, 1.807) is 4.90 Å². The van der Waals surface area contributed by atoms with Gasteiger partial charge in [-0.3, -0.25) is 4.79 Å². The van der Waals surface area contributed by atoms with Crippen LogP contribution < -0.4 is 0 Å². The molecule has 0 N–H and O–H groups in total. The molecule has 1 amide bonds. The van der Waals surface area contributed by atoms with E-state index < -0.39 is 9.84 Å². The summed E-state index contributed by atoms with van der Waals surface area (Å²) >= 11 is 0. The molecule has 3 rings (SSSR count). The number of likely N-dealkylation sites (tertiary alicyclic amines) is 2. The Morgan fingerprint density at radius 2 is 1.88 bits per heavy atom. The molecule has 6 heteroatoms. The van der Waals surface area contributed by atoms with Crippen LogP contribution in [0.25, 0.3) is 0 Å². The lowest BCUT2D eigenvalue weighted by atomic mass is 9.72. The van der Waals surface area contributed by atoms with Gasteiger partial charge in [-0.1, -0.05) is 19.8 Å². The third kappa shape index (κ3) is 4.13. The maximum atomic E-state index is 12.6. The molecule has 1 aliphatic carbocycles. The summed E-state index contributed by atoms with van der Waals surface area (Å²) in [6.07, 6.45) is 8.66. The van der Waals surface area contributed by atoms with Gasteiger partial charge < -0.3 is 9.80 Å². The molecule has 3 fully saturated rings. The fraction of sp³-hybridized carbons (Fsp3) is 0.944. The fourth-order valence-electron chi connectivity index (χ4n) is 4.77. The van der Waals surface area contributed by atoms with Gasteiger partial charge in [0.2, 0.25) is 5.91 Å². The third-order valence-corrected chi connectivity index (χ3v) is 7.20. The standard InChI is InChI=1S/C18H32N2O3S/c1-15-4-6-16(7-5-15)12-19-9-3-8-18(13-19)14-20(17(18)21)10-11-24(2,22)23/h15-16H,3-14H2,1-2H3. The highest BCUT2D eigenvalue weighted by Gasteiger charge is 2.53. The van der Waals surface area contributed by atoms with E-state index in [0.29, 0.717) is 6.54 Å². The first-order valence-corrected chi connectivity index (χ1v) is 11.5. The van der Waals surface area contributed by atoms with Crippen molar-refractivity contribution < 1.29 is 13.2 Å². The largest absolute Gasteiger partial charge is 0.340 e. The highest BCUT2D eigenvalue weighted by molar-refractivity contribution is 7.90. The number of β-lactam (4-membered cyclic amide) rings is 1. The van der Waals surface area contributed by atoms with Crippen LogP contribution in [-0.4, -0.2) is 68.9 Å². The molecule has 1 spiro atoms. The minimum atomic E-state index is -3.00. The van der Waals surface area contributed by atoms with Crippen LogP contribution >= 0.6 is 0 Å². The number of hydrogen-bond donors (Lipinski definition) is 0. The van der Waals surface area contributed by atoms with Crippen molar-refractivity contribution in [3.05, 3.63) is 0 Å². The fourth-order valence-corrected chi connectivity index (χ4v) is 5.32. The molecule has 0 aromatic heterocycles. The van der Waals surface area contributed by atoms with Gasteiger partial charge in [0.15, 0.2) is 0 Å². The monoisotopic (exact) mass is 356 g/mol. The molecule has 24 heavy (non-hydrogen) atoms. The van der Waals surface area contributed by atoms with Crippen LogP contribution in [0, 0.1) is 17.3 Å². The number of hydrogen-bond acceptors (Lipinski definition) is 4. The maximum Gasteiger partial charge on any atom is 0.231 e. The van der Waals surface area contributed by atoms with Crippen LogP contribution in [0.2, 0.25) is 0 Å². The van der Waals surface area contributed by atoms with Crippen LogP contribution in [0.4, 0.5) is 0 Å². The topological polar surface area (TPSA) is 57.7 Å². The van der Waals surface area contributed by atoms with Gasteiger partial charge in [0, 0.05) is 32.4 Å². The Hall–Kier alpha value is -0.620. The molecule has 1 saturated carbocycles. The smallest absolute Gasteiger partial charge is 0.231 e. The molecular weight excluding hydrogens is 324 g/mol. The molecule has 2 saturated heterocycles. The van der Waals surface area contributed by atoms with Crippen molar-refractivity contribution in [1.29, 1.82) is 0 Å². The number of piperidine rings is 1. The highest BCUT2D eigenvalue weighted by Crippen LogP contribution is 2.41. The summed E-state index contributed by atoms with van der Waals surface area (Å²) in [7, 11) is -3.00. The molecule has 5 nitrogen and oxygen atoms in total. The Balaban J connectivity index is 1.50. The van der Waals surface area contributed by atoms with Gasteiger partial charge in [-0.2, -0.15) is 0 Å². The normalized spacial score (nSPS) is 35.2. The summed E-state index contributed by atoms with van der Waals surface area (Å²) in [5.74, 6) is 1.95. The van der Waals surface area contributed by atoms with Crippen molar-refractivity contribution in [3.8, 4) is 0 Å². The average Bonchev–Trinajstić information content (AvgIpc) is 2.53. The minimum absolute atomic E-state index is 0.0821. The Morgan fingerprint density at radius 3 is 2.50 bits per heavy atom. The summed E-state index contributed by atoms with van der Waals surface area (Å²) in [6, 6.07) is 0. The molecule has 1 unspecified atom stereocenters. The van der Waals surface area contributed by atoms with Gasteiger partial charge in [0.05, 0.1) is 11.2 Å². The van der Waals surface area contributed by atoms with Gasteiger partial charge in [-0.15, -0.1) is 0 Å². The SMILES string of the molecule is CC1CCC(CN2CCCC3(C2)CN(CCS(C)(=O)=O)C3=O)CC1. The van der Waals surface area contributed by atoms with E-state index in [9.17, 15) is 13.2 Å². The van der Waals surface area contributed by atoms with Crippen molar-refractivity contribution in [2.75, 3.05) is 44.7 Å². The second-order valence-electron chi connectivity index (χ2n) is 8.60. The second kappa shape index (κ2) is 6.94. The van der Waals surface area contributed by atoms with Gasteiger partial charge in [-0.05, 0) is 44.1 Å². The number of nitrogens with zero attached hydrogens (tertiary/aromatic N) is 2. The summed E-state index contributed by atoms with van der Waals surface area (Å²) in [5, 5.41) is 0. The van der Waals surface area contributed by atoms with Crippen molar-refractivity contribution in [2.24, 2.45) is 17.3 Å². The van der Waals surface area contributed by atoms with Gasteiger partial charge >= 0.3 is 0 Å². The van der Waals surface area contributed by atoms with E-state index in [4.69, 9.17) is 0 Å².